The van der Waals surface area contributed by atoms with Crippen LogP contribution in [0.15, 0.2) is 64.4 Å². The summed E-state index contributed by atoms with van der Waals surface area (Å²) >= 11 is 3.55. The predicted molar refractivity (Wildman–Crippen MR) is 124 cm³/mol. The summed E-state index contributed by atoms with van der Waals surface area (Å²) in [6, 6.07) is 9.49. The van der Waals surface area contributed by atoms with E-state index in [0.29, 0.717) is 28.1 Å². The molecule has 34 heavy (non-hydrogen) atoms. The average Bonchev–Trinajstić information content (AvgIpc) is 3.27. The maximum atomic E-state index is 13.4. The van der Waals surface area contributed by atoms with Gasteiger partial charge in [0, 0.05) is 23.4 Å². The fourth-order valence-electron chi connectivity index (χ4n) is 3.86. The minimum absolute atomic E-state index is 0.0858. The van der Waals surface area contributed by atoms with Crippen LogP contribution in [0.25, 0.3) is 0 Å². The number of fused-ring (bicyclic) bond motifs is 1. The van der Waals surface area contributed by atoms with Crippen molar-refractivity contribution in [1.82, 2.24) is 4.90 Å². The van der Waals surface area contributed by atoms with Crippen molar-refractivity contribution >= 4 is 27.9 Å². The van der Waals surface area contributed by atoms with Gasteiger partial charge in [-0.1, -0.05) is 28.1 Å². The Morgan fingerprint density at radius 3 is 2.12 bits per heavy atom. The number of hydrogen-bond acceptors (Lipinski definition) is 7. The van der Waals surface area contributed by atoms with Gasteiger partial charge in [0.25, 0.3) is 0 Å². The van der Waals surface area contributed by atoms with E-state index in [-0.39, 0.29) is 37.0 Å². The molecule has 0 fully saturated rings. The summed E-state index contributed by atoms with van der Waals surface area (Å²) in [5, 5.41) is 0. The van der Waals surface area contributed by atoms with E-state index in [4.69, 9.17) is 18.9 Å². The first-order valence-corrected chi connectivity index (χ1v) is 11.6. The SMILES string of the molecule is CCOC(=O)C1=CN(Cc2ccc(F)cc2)C=C(C(=O)OCC)C1c1cc2c(cc1Br)OCO2. The Labute approximate surface area is 204 Å². The van der Waals surface area contributed by atoms with Gasteiger partial charge in [0.1, 0.15) is 5.82 Å². The van der Waals surface area contributed by atoms with Gasteiger partial charge in [-0.05, 0) is 49.2 Å². The highest BCUT2D eigenvalue weighted by molar-refractivity contribution is 9.10. The standard InChI is InChI=1S/C25H23BrFNO6/c1-3-31-24(29)18-12-28(11-15-5-7-16(27)8-6-15)13-19(25(30)32-4-2)23(18)17-9-21-22(10-20(17)26)34-14-33-21/h5-10,12-13,23H,3-4,11,14H2,1-2H3. The highest BCUT2D eigenvalue weighted by atomic mass is 79.9. The molecule has 0 bridgehead atoms. The van der Waals surface area contributed by atoms with Crippen LogP contribution in [0.5, 0.6) is 11.5 Å². The molecule has 4 rings (SSSR count). The van der Waals surface area contributed by atoms with Gasteiger partial charge in [0.05, 0.1) is 30.3 Å². The molecule has 2 aromatic rings. The van der Waals surface area contributed by atoms with Crippen molar-refractivity contribution in [2.45, 2.75) is 26.3 Å². The summed E-state index contributed by atoms with van der Waals surface area (Å²) in [6.07, 6.45) is 3.29. The summed E-state index contributed by atoms with van der Waals surface area (Å²) in [4.78, 5) is 27.9. The van der Waals surface area contributed by atoms with E-state index in [1.54, 1.807) is 55.4 Å². The minimum Gasteiger partial charge on any atom is -0.463 e. The summed E-state index contributed by atoms with van der Waals surface area (Å²) in [5.41, 5.74) is 1.94. The second-order valence-corrected chi connectivity index (χ2v) is 8.42. The third-order valence-corrected chi connectivity index (χ3v) is 6.02. The molecule has 0 atom stereocenters. The smallest absolute Gasteiger partial charge is 0.336 e. The van der Waals surface area contributed by atoms with Crippen LogP contribution >= 0.6 is 15.9 Å². The second-order valence-electron chi connectivity index (χ2n) is 7.57. The Morgan fingerprint density at radius 2 is 1.56 bits per heavy atom. The number of rotatable bonds is 7. The van der Waals surface area contributed by atoms with Crippen LogP contribution in [0.4, 0.5) is 4.39 Å². The fraction of sp³-hybridized carbons (Fsp3) is 0.280. The minimum atomic E-state index is -0.772. The molecule has 0 amide bonds. The number of ether oxygens (including phenoxy) is 4. The molecule has 0 aromatic heterocycles. The molecule has 7 nitrogen and oxygen atoms in total. The molecule has 0 radical (unpaired) electrons. The number of carbonyl (C=O) groups excluding carboxylic acids is 2. The van der Waals surface area contributed by atoms with Gasteiger partial charge in [-0.3, -0.25) is 0 Å². The number of benzene rings is 2. The first-order valence-electron chi connectivity index (χ1n) is 10.8. The van der Waals surface area contributed by atoms with E-state index in [0.717, 1.165) is 5.56 Å². The molecular weight excluding hydrogens is 509 g/mol. The van der Waals surface area contributed by atoms with Gasteiger partial charge in [0.15, 0.2) is 11.5 Å². The van der Waals surface area contributed by atoms with E-state index >= 15 is 0 Å². The molecule has 0 unspecified atom stereocenters. The number of esters is 2. The zero-order valence-corrected chi connectivity index (χ0v) is 20.3. The van der Waals surface area contributed by atoms with Gasteiger partial charge in [-0.2, -0.15) is 0 Å². The molecule has 9 heteroatoms. The average molecular weight is 532 g/mol. The molecule has 2 aromatic carbocycles. The van der Waals surface area contributed by atoms with Crippen molar-refractivity contribution in [3.63, 3.8) is 0 Å². The van der Waals surface area contributed by atoms with Crippen LogP contribution in [0, 0.1) is 5.82 Å². The number of halogens is 2. The maximum Gasteiger partial charge on any atom is 0.336 e. The zero-order valence-electron chi connectivity index (χ0n) is 18.7. The third-order valence-electron chi connectivity index (χ3n) is 5.34. The fourth-order valence-corrected chi connectivity index (χ4v) is 4.41. The van der Waals surface area contributed by atoms with Crippen molar-refractivity contribution in [3.05, 3.63) is 81.4 Å². The van der Waals surface area contributed by atoms with Gasteiger partial charge in [0.2, 0.25) is 6.79 Å². The van der Waals surface area contributed by atoms with Crippen molar-refractivity contribution < 1.29 is 32.9 Å². The molecule has 0 spiro atoms. The quantitative estimate of drug-likeness (QED) is 0.474. The third kappa shape index (κ3) is 4.94. The lowest BCUT2D eigenvalue weighted by molar-refractivity contribution is -0.139. The Balaban J connectivity index is 1.81. The molecule has 0 aliphatic carbocycles. The highest BCUT2D eigenvalue weighted by Gasteiger charge is 2.37. The summed E-state index contributed by atoms with van der Waals surface area (Å²) in [5.74, 6) is -1.16. The molecule has 2 aliphatic rings. The Morgan fingerprint density at radius 1 is 1.00 bits per heavy atom. The highest BCUT2D eigenvalue weighted by Crippen LogP contribution is 2.45. The summed E-state index contributed by atoms with van der Waals surface area (Å²) in [6.45, 7) is 4.16. The van der Waals surface area contributed by atoms with Gasteiger partial charge >= 0.3 is 11.9 Å². The van der Waals surface area contributed by atoms with E-state index in [2.05, 4.69) is 15.9 Å². The van der Waals surface area contributed by atoms with Crippen LogP contribution in [-0.2, 0) is 25.6 Å². The molecule has 0 N–H and O–H groups in total. The van der Waals surface area contributed by atoms with E-state index < -0.39 is 17.9 Å². The summed E-state index contributed by atoms with van der Waals surface area (Å²) < 4.78 is 35.6. The zero-order chi connectivity index (χ0) is 24.2. The van der Waals surface area contributed by atoms with Crippen molar-refractivity contribution in [1.29, 1.82) is 0 Å². The lowest BCUT2D eigenvalue weighted by Gasteiger charge is -2.31. The lowest BCUT2D eigenvalue weighted by Crippen LogP contribution is -2.29. The van der Waals surface area contributed by atoms with E-state index in [1.807, 2.05) is 0 Å². The molecular formula is C25H23BrFNO6. The van der Waals surface area contributed by atoms with Crippen LogP contribution in [0.2, 0.25) is 0 Å². The van der Waals surface area contributed by atoms with Gasteiger partial charge in [-0.25, -0.2) is 14.0 Å². The lowest BCUT2D eigenvalue weighted by atomic mass is 9.83. The van der Waals surface area contributed by atoms with Crippen LogP contribution in [0.3, 0.4) is 0 Å². The maximum absolute atomic E-state index is 13.4. The van der Waals surface area contributed by atoms with Crippen LogP contribution < -0.4 is 9.47 Å². The topological polar surface area (TPSA) is 74.3 Å². The molecule has 2 aliphatic heterocycles. The van der Waals surface area contributed by atoms with Gasteiger partial charge < -0.3 is 23.8 Å². The molecule has 2 heterocycles. The Bertz CT molecular complexity index is 1120. The Kier molecular flexibility index (Phi) is 7.21. The van der Waals surface area contributed by atoms with Gasteiger partial charge in [-0.15, -0.1) is 0 Å². The first-order chi connectivity index (χ1) is 16.4. The first kappa shape index (κ1) is 23.8. The number of nitrogens with zero attached hydrogens (tertiary/aromatic N) is 1. The van der Waals surface area contributed by atoms with Crippen molar-refractivity contribution in [3.8, 4) is 11.5 Å². The van der Waals surface area contributed by atoms with E-state index in [1.165, 1.54) is 12.1 Å². The van der Waals surface area contributed by atoms with Crippen LogP contribution in [0.1, 0.15) is 30.9 Å². The molecule has 0 saturated heterocycles. The normalized spacial score (nSPS) is 15.0. The number of carbonyl (C=O) groups is 2. The predicted octanol–water partition coefficient (Wildman–Crippen LogP) is 4.81. The second kappa shape index (κ2) is 10.3. The molecule has 0 saturated carbocycles. The summed E-state index contributed by atoms with van der Waals surface area (Å²) in [7, 11) is 0. The van der Waals surface area contributed by atoms with Crippen molar-refractivity contribution in [2.75, 3.05) is 20.0 Å². The van der Waals surface area contributed by atoms with E-state index in [9.17, 15) is 14.0 Å². The van der Waals surface area contributed by atoms with Crippen molar-refractivity contribution in [2.24, 2.45) is 0 Å². The molecule has 178 valence electrons. The Hall–Kier alpha value is -3.33. The number of hydrogen-bond donors (Lipinski definition) is 0. The monoisotopic (exact) mass is 531 g/mol. The largest absolute Gasteiger partial charge is 0.463 e. The van der Waals surface area contributed by atoms with Crippen LogP contribution in [-0.4, -0.2) is 36.8 Å².